The van der Waals surface area contributed by atoms with Crippen molar-refractivity contribution in [1.29, 1.82) is 0 Å². The summed E-state index contributed by atoms with van der Waals surface area (Å²) in [6.45, 7) is 4.21. The fourth-order valence-corrected chi connectivity index (χ4v) is 3.06. The molecule has 4 heteroatoms. The maximum atomic E-state index is 12.4. The topological polar surface area (TPSA) is 68.0 Å². The number of nitrogens with two attached hydrogens (primary N) is 1. The Morgan fingerprint density at radius 3 is 2.80 bits per heavy atom. The highest BCUT2D eigenvalue weighted by Gasteiger charge is 2.25. The van der Waals surface area contributed by atoms with Gasteiger partial charge in [-0.15, -0.1) is 0 Å². The van der Waals surface area contributed by atoms with E-state index < -0.39 is 0 Å². The van der Waals surface area contributed by atoms with Crippen LogP contribution in [0.5, 0.6) is 0 Å². The first-order valence-electron chi connectivity index (χ1n) is 7.71. The maximum Gasteiger partial charge on any atom is 0.251 e. The van der Waals surface area contributed by atoms with E-state index in [4.69, 9.17) is 5.73 Å². The largest absolute Gasteiger partial charge is 0.384 e. The van der Waals surface area contributed by atoms with Crippen LogP contribution in [0.2, 0.25) is 0 Å². The van der Waals surface area contributed by atoms with Crippen molar-refractivity contribution >= 4 is 11.7 Å². The van der Waals surface area contributed by atoms with Crippen LogP contribution in [0.4, 0.5) is 5.82 Å². The quantitative estimate of drug-likeness (QED) is 0.887. The highest BCUT2D eigenvalue weighted by Crippen LogP contribution is 2.27. The first-order chi connectivity index (χ1) is 9.63. The average Bonchev–Trinajstić information content (AvgIpc) is 2.47. The lowest BCUT2D eigenvalue weighted by atomic mass is 9.83. The van der Waals surface area contributed by atoms with Crippen LogP contribution in [0.25, 0.3) is 0 Å². The molecule has 20 heavy (non-hydrogen) atoms. The van der Waals surface area contributed by atoms with Crippen molar-refractivity contribution in [2.24, 2.45) is 5.92 Å². The Labute approximate surface area is 121 Å². The summed E-state index contributed by atoms with van der Waals surface area (Å²) in [5.41, 5.74) is 7.27. The van der Waals surface area contributed by atoms with Crippen molar-refractivity contribution in [2.75, 3.05) is 5.73 Å². The molecule has 3 N–H and O–H groups in total. The first kappa shape index (κ1) is 14.8. The summed E-state index contributed by atoms with van der Waals surface area (Å²) in [7, 11) is 0. The number of nitrogens with zero attached hydrogens (tertiary/aromatic N) is 1. The van der Waals surface area contributed by atoms with Crippen molar-refractivity contribution in [1.82, 2.24) is 10.3 Å². The summed E-state index contributed by atoms with van der Waals surface area (Å²) >= 11 is 0. The number of aryl methyl sites for hydroxylation is 1. The molecule has 1 heterocycles. The van der Waals surface area contributed by atoms with Gasteiger partial charge in [-0.05, 0) is 37.3 Å². The number of pyridine rings is 1. The Morgan fingerprint density at radius 1 is 1.35 bits per heavy atom. The number of carbonyl (C=O) groups is 1. The third-order valence-electron chi connectivity index (χ3n) is 4.27. The van der Waals surface area contributed by atoms with Gasteiger partial charge in [-0.2, -0.15) is 0 Å². The van der Waals surface area contributed by atoms with Crippen molar-refractivity contribution in [3.63, 3.8) is 0 Å². The molecule has 1 saturated carbocycles. The monoisotopic (exact) mass is 275 g/mol. The molecule has 1 aliphatic carbocycles. The molecular formula is C16H25N3O. The molecule has 4 nitrogen and oxygen atoms in total. The number of hydrogen-bond donors (Lipinski definition) is 2. The standard InChI is InChI=1S/C16H25N3O/c1-3-11-7-5-6-8-14(11)19-16(20)12-9-13(4-2)18-15(17)10-12/h9-11,14H,3-8H2,1-2H3,(H2,17,18)(H,19,20). The van der Waals surface area contributed by atoms with E-state index in [1.54, 1.807) is 6.07 Å². The third kappa shape index (κ3) is 3.50. The van der Waals surface area contributed by atoms with E-state index in [0.717, 1.165) is 25.0 Å². The van der Waals surface area contributed by atoms with E-state index in [0.29, 0.717) is 23.3 Å². The SMILES string of the molecule is CCc1cc(C(=O)NC2CCCCC2CC)cc(N)n1. The molecular weight excluding hydrogens is 250 g/mol. The van der Waals surface area contributed by atoms with Crippen molar-refractivity contribution in [3.8, 4) is 0 Å². The van der Waals surface area contributed by atoms with Gasteiger partial charge in [-0.1, -0.05) is 33.1 Å². The number of rotatable bonds is 4. The van der Waals surface area contributed by atoms with Gasteiger partial charge in [0.1, 0.15) is 5.82 Å². The molecule has 1 amide bonds. The van der Waals surface area contributed by atoms with E-state index >= 15 is 0 Å². The number of anilines is 1. The normalized spacial score (nSPS) is 22.5. The lowest BCUT2D eigenvalue weighted by Gasteiger charge is -2.31. The summed E-state index contributed by atoms with van der Waals surface area (Å²) in [6.07, 6.45) is 6.72. The van der Waals surface area contributed by atoms with E-state index in [1.807, 2.05) is 13.0 Å². The predicted molar refractivity (Wildman–Crippen MR) is 81.5 cm³/mol. The number of carbonyl (C=O) groups excluding carboxylic acids is 1. The molecule has 1 aliphatic rings. The molecule has 1 aromatic rings. The molecule has 2 unspecified atom stereocenters. The predicted octanol–water partition coefficient (Wildman–Crippen LogP) is 2.92. The zero-order chi connectivity index (χ0) is 14.5. The highest BCUT2D eigenvalue weighted by atomic mass is 16.1. The summed E-state index contributed by atoms with van der Waals surface area (Å²) in [5.74, 6) is 1.02. The minimum Gasteiger partial charge on any atom is -0.384 e. The van der Waals surface area contributed by atoms with E-state index in [-0.39, 0.29) is 5.91 Å². The van der Waals surface area contributed by atoms with Gasteiger partial charge >= 0.3 is 0 Å². The Hall–Kier alpha value is -1.58. The second kappa shape index (κ2) is 6.73. The number of hydrogen-bond acceptors (Lipinski definition) is 3. The van der Waals surface area contributed by atoms with Crippen LogP contribution in [-0.2, 0) is 6.42 Å². The van der Waals surface area contributed by atoms with Gasteiger partial charge < -0.3 is 11.1 Å². The summed E-state index contributed by atoms with van der Waals surface area (Å²) in [6, 6.07) is 3.81. The van der Waals surface area contributed by atoms with Crippen LogP contribution in [0.15, 0.2) is 12.1 Å². The zero-order valence-corrected chi connectivity index (χ0v) is 12.5. The minimum atomic E-state index is -0.0147. The van der Waals surface area contributed by atoms with Gasteiger partial charge in [0.25, 0.3) is 5.91 Å². The van der Waals surface area contributed by atoms with Gasteiger partial charge in [0.15, 0.2) is 0 Å². The van der Waals surface area contributed by atoms with Crippen LogP contribution in [0.3, 0.4) is 0 Å². The van der Waals surface area contributed by atoms with E-state index in [9.17, 15) is 4.79 Å². The van der Waals surface area contributed by atoms with Crippen LogP contribution in [-0.4, -0.2) is 16.9 Å². The summed E-state index contributed by atoms with van der Waals surface area (Å²) in [5, 5.41) is 3.19. The zero-order valence-electron chi connectivity index (χ0n) is 12.5. The Balaban J connectivity index is 2.09. The van der Waals surface area contributed by atoms with E-state index in [1.165, 1.54) is 19.3 Å². The second-order valence-corrected chi connectivity index (χ2v) is 5.66. The number of aromatic nitrogens is 1. The highest BCUT2D eigenvalue weighted by molar-refractivity contribution is 5.95. The number of nitrogens with one attached hydrogen (secondary N) is 1. The lowest BCUT2D eigenvalue weighted by molar-refractivity contribution is 0.0904. The molecule has 0 aliphatic heterocycles. The van der Waals surface area contributed by atoms with E-state index in [2.05, 4.69) is 17.2 Å². The van der Waals surface area contributed by atoms with Crippen molar-refractivity contribution in [2.45, 2.75) is 58.4 Å². The molecule has 110 valence electrons. The smallest absolute Gasteiger partial charge is 0.251 e. The molecule has 0 aromatic carbocycles. The van der Waals surface area contributed by atoms with Crippen molar-refractivity contribution < 1.29 is 4.79 Å². The fourth-order valence-electron chi connectivity index (χ4n) is 3.06. The van der Waals surface area contributed by atoms with Gasteiger partial charge in [-0.3, -0.25) is 4.79 Å². The van der Waals surface area contributed by atoms with Gasteiger partial charge in [-0.25, -0.2) is 4.98 Å². The average molecular weight is 275 g/mol. The number of amides is 1. The lowest BCUT2D eigenvalue weighted by Crippen LogP contribution is -2.42. The first-order valence-corrected chi connectivity index (χ1v) is 7.71. The molecule has 0 spiro atoms. The van der Waals surface area contributed by atoms with Gasteiger partial charge in [0.2, 0.25) is 0 Å². The maximum absolute atomic E-state index is 12.4. The van der Waals surface area contributed by atoms with Gasteiger partial charge in [0, 0.05) is 17.3 Å². The molecule has 1 aromatic heterocycles. The van der Waals surface area contributed by atoms with Crippen molar-refractivity contribution in [3.05, 3.63) is 23.4 Å². The summed E-state index contributed by atoms with van der Waals surface area (Å²) < 4.78 is 0. The Morgan fingerprint density at radius 2 is 2.10 bits per heavy atom. The Bertz CT molecular complexity index is 473. The molecule has 0 bridgehead atoms. The van der Waals surface area contributed by atoms with Crippen LogP contribution < -0.4 is 11.1 Å². The fraction of sp³-hybridized carbons (Fsp3) is 0.625. The molecule has 2 rings (SSSR count). The Kier molecular flexibility index (Phi) is 4.99. The third-order valence-corrected chi connectivity index (χ3v) is 4.27. The second-order valence-electron chi connectivity index (χ2n) is 5.66. The number of nitrogen functional groups attached to an aromatic ring is 1. The molecule has 1 fully saturated rings. The summed E-state index contributed by atoms with van der Waals surface area (Å²) in [4.78, 5) is 16.6. The molecule has 0 saturated heterocycles. The van der Waals surface area contributed by atoms with Crippen LogP contribution >= 0.6 is 0 Å². The van der Waals surface area contributed by atoms with Crippen LogP contribution in [0.1, 0.15) is 62.0 Å². The van der Waals surface area contributed by atoms with Gasteiger partial charge in [0.05, 0.1) is 0 Å². The molecule has 0 radical (unpaired) electrons. The minimum absolute atomic E-state index is 0.0147. The van der Waals surface area contributed by atoms with Crippen LogP contribution in [0, 0.1) is 5.92 Å². The molecule has 2 atom stereocenters.